The maximum atomic E-state index is 14.7. The van der Waals surface area contributed by atoms with Gasteiger partial charge in [-0.25, -0.2) is 4.39 Å². The predicted molar refractivity (Wildman–Crippen MR) is 114 cm³/mol. The van der Waals surface area contributed by atoms with Crippen molar-refractivity contribution >= 4 is 11.7 Å². The molecule has 0 N–H and O–H groups in total. The molecular weight excluding hydrogens is 422 g/mol. The zero-order valence-electron chi connectivity index (χ0n) is 17.3. The summed E-state index contributed by atoms with van der Waals surface area (Å²) < 4.78 is 62.6. The van der Waals surface area contributed by atoms with Crippen LogP contribution in [0.4, 0.5) is 17.6 Å². The van der Waals surface area contributed by atoms with Crippen LogP contribution in [-0.4, -0.2) is 24.5 Å². The lowest BCUT2D eigenvalue weighted by Gasteiger charge is -2.33. The normalized spacial score (nSPS) is 13.2. The van der Waals surface area contributed by atoms with Crippen molar-refractivity contribution < 1.29 is 27.1 Å². The highest BCUT2D eigenvalue weighted by Gasteiger charge is 2.58. The maximum absolute atomic E-state index is 14.7. The van der Waals surface area contributed by atoms with E-state index in [1.54, 1.807) is 60.7 Å². The molecule has 1 unspecified atom stereocenters. The fraction of sp³-hybridized carbons (Fsp3) is 0.200. The second-order valence-corrected chi connectivity index (χ2v) is 7.04. The zero-order chi connectivity index (χ0) is 23.2. The molecule has 3 aromatic rings. The summed E-state index contributed by atoms with van der Waals surface area (Å²) in [7, 11) is 0. The summed E-state index contributed by atoms with van der Waals surface area (Å²) in [5.41, 5.74) is -2.40. The Balaban J connectivity index is 2.33. The van der Waals surface area contributed by atoms with Gasteiger partial charge in [0, 0.05) is 11.1 Å². The number of benzene rings is 3. The van der Waals surface area contributed by atoms with Crippen LogP contribution in [0.2, 0.25) is 0 Å². The number of ether oxygens (including phenoxy) is 1. The highest BCUT2D eigenvalue weighted by molar-refractivity contribution is 6.13. The molecule has 0 saturated heterocycles. The number of hydrogen-bond donors (Lipinski definition) is 0. The Morgan fingerprint density at radius 3 is 1.78 bits per heavy atom. The Bertz CT molecular complexity index is 1020. The Morgan fingerprint density at radius 2 is 1.34 bits per heavy atom. The van der Waals surface area contributed by atoms with Crippen LogP contribution in [0.3, 0.4) is 0 Å². The Hall–Kier alpha value is -3.48. The van der Waals surface area contributed by atoms with E-state index >= 15 is 0 Å². The summed E-state index contributed by atoms with van der Waals surface area (Å²) in [6, 6.07) is 20.6. The van der Waals surface area contributed by atoms with Crippen molar-refractivity contribution in [3.8, 4) is 0 Å². The van der Waals surface area contributed by atoms with Gasteiger partial charge in [0.05, 0.1) is 18.7 Å². The lowest BCUT2D eigenvalue weighted by Crippen LogP contribution is -2.44. The van der Waals surface area contributed by atoms with Crippen LogP contribution in [-0.2, 0) is 15.1 Å². The molecule has 0 amide bonds. The van der Waals surface area contributed by atoms with Gasteiger partial charge in [-0.2, -0.15) is 13.2 Å². The number of carbonyl (C=O) groups is 1. The molecular formula is C25H21F4NO2. The van der Waals surface area contributed by atoms with Gasteiger partial charge in [0.1, 0.15) is 5.82 Å². The summed E-state index contributed by atoms with van der Waals surface area (Å²) in [6.07, 6.45) is -6.06. The van der Waals surface area contributed by atoms with Crippen molar-refractivity contribution in [2.75, 3.05) is 6.61 Å². The summed E-state index contributed by atoms with van der Waals surface area (Å²) in [5, 5.41) is 0. The van der Waals surface area contributed by atoms with Gasteiger partial charge in [-0.3, -0.25) is 9.79 Å². The standard InChI is InChI=1S/C25H21F4NO2/c1-2-32-22(31)17-24(25(27,28)29,20-13-15-21(26)16-14-20)30-23(18-9-5-3-6-10-18)19-11-7-4-8-12-19/h3-16H,2,17H2,1H3. The molecule has 0 spiro atoms. The number of rotatable bonds is 7. The average Bonchev–Trinajstić information content (AvgIpc) is 2.78. The quantitative estimate of drug-likeness (QED) is 0.252. The SMILES string of the molecule is CCOC(=O)CC(N=C(c1ccccc1)c1ccccc1)(c1ccc(F)cc1)C(F)(F)F. The Morgan fingerprint density at radius 1 is 0.844 bits per heavy atom. The lowest BCUT2D eigenvalue weighted by atomic mass is 9.85. The maximum Gasteiger partial charge on any atom is 0.418 e. The summed E-state index contributed by atoms with van der Waals surface area (Å²) in [6.45, 7) is 1.43. The number of alkyl halides is 3. The molecule has 0 saturated carbocycles. The minimum atomic E-state index is -4.98. The van der Waals surface area contributed by atoms with Crippen LogP contribution in [0.15, 0.2) is 89.9 Å². The van der Waals surface area contributed by atoms with Gasteiger partial charge in [0.15, 0.2) is 5.54 Å². The Kier molecular flexibility index (Phi) is 7.08. The van der Waals surface area contributed by atoms with Crippen molar-refractivity contribution in [1.82, 2.24) is 0 Å². The number of esters is 1. The highest BCUT2D eigenvalue weighted by atomic mass is 19.4. The van der Waals surface area contributed by atoms with Gasteiger partial charge < -0.3 is 4.74 Å². The summed E-state index contributed by atoms with van der Waals surface area (Å²) in [4.78, 5) is 16.5. The third-order valence-corrected chi connectivity index (χ3v) is 4.89. The molecule has 0 aliphatic rings. The molecule has 1 atom stereocenters. The number of nitrogens with zero attached hydrogens (tertiary/aromatic N) is 1. The molecule has 32 heavy (non-hydrogen) atoms. The molecule has 0 fully saturated rings. The average molecular weight is 443 g/mol. The van der Waals surface area contributed by atoms with Crippen molar-refractivity contribution in [3.63, 3.8) is 0 Å². The van der Waals surface area contributed by atoms with E-state index in [4.69, 9.17) is 4.74 Å². The molecule has 0 bridgehead atoms. The molecule has 3 nitrogen and oxygen atoms in total. The molecule has 0 aliphatic carbocycles. The third-order valence-electron chi connectivity index (χ3n) is 4.89. The number of carbonyl (C=O) groups excluding carboxylic acids is 1. The fourth-order valence-electron chi connectivity index (χ4n) is 3.36. The molecule has 0 heterocycles. The molecule has 0 aliphatic heterocycles. The first-order valence-corrected chi connectivity index (χ1v) is 9.96. The molecule has 3 aromatic carbocycles. The van der Waals surface area contributed by atoms with Crippen LogP contribution in [0, 0.1) is 5.82 Å². The first-order chi connectivity index (χ1) is 15.3. The number of halogens is 4. The van der Waals surface area contributed by atoms with E-state index in [-0.39, 0.29) is 17.9 Å². The van der Waals surface area contributed by atoms with E-state index in [0.717, 1.165) is 24.3 Å². The largest absolute Gasteiger partial charge is 0.466 e. The molecule has 0 aromatic heterocycles. The summed E-state index contributed by atoms with van der Waals surface area (Å²) in [5.74, 6) is -1.75. The van der Waals surface area contributed by atoms with Crippen LogP contribution in [0.1, 0.15) is 30.0 Å². The monoisotopic (exact) mass is 443 g/mol. The first kappa shape index (κ1) is 23.2. The van der Waals surface area contributed by atoms with E-state index in [2.05, 4.69) is 4.99 Å². The second kappa shape index (κ2) is 9.77. The van der Waals surface area contributed by atoms with Crippen molar-refractivity contribution in [3.05, 3.63) is 107 Å². The molecule has 0 radical (unpaired) electrons. The number of aliphatic imine (C=N–C) groups is 1. The van der Waals surface area contributed by atoms with Crippen LogP contribution in [0.5, 0.6) is 0 Å². The zero-order valence-corrected chi connectivity index (χ0v) is 17.3. The van der Waals surface area contributed by atoms with Gasteiger partial charge in [0.2, 0.25) is 0 Å². The van der Waals surface area contributed by atoms with Crippen LogP contribution >= 0.6 is 0 Å². The van der Waals surface area contributed by atoms with Gasteiger partial charge in [-0.15, -0.1) is 0 Å². The number of hydrogen-bond acceptors (Lipinski definition) is 3. The van der Waals surface area contributed by atoms with Gasteiger partial charge in [-0.1, -0.05) is 72.8 Å². The van der Waals surface area contributed by atoms with Crippen LogP contribution in [0.25, 0.3) is 0 Å². The van der Waals surface area contributed by atoms with Gasteiger partial charge in [0.25, 0.3) is 0 Å². The summed E-state index contributed by atoms with van der Waals surface area (Å²) >= 11 is 0. The van der Waals surface area contributed by atoms with E-state index in [1.807, 2.05) is 0 Å². The predicted octanol–water partition coefficient (Wildman–Crippen LogP) is 6.07. The van der Waals surface area contributed by atoms with Crippen molar-refractivity contribution in [2.24, 2.45) is 4.99 Å². The fourth-order valence-corrected chi connectivity index (χ4v) is 3.36. The first-order valence-electron chi connectivity index (χ1n) is 9.96. The Labute approximate surface area is 183 Å². The van der Waals surface area contributed by atoms with Gasteiger partial charge in [-0.05, 0) is 24.6 Å². The van der Waals surface area contributed by atoms with E-state index in [0.29, 0.717) is 11.1 Å². The highest BCUT2D eigenvalue weighted by Crippen LogP contribution is 2.46. The molecule has 7 heteroatoms. The smallest absolute Gasteiger partial charge is 0.418 e. The molecule has 166 valence electrons. The van der Waals surface area contributed by atoms with Crippen molar-refractivity contribution in [1.29, 1.82) is 0 Å². The van der Waals surface area contributed by atoms with E-state index in [9.17, 15) is 22.4 Å². The molecule has 3 rings (SSSR count). The van der Waals surface area contributed by atoms with Gasteiger partial charge >= 0.3 is 12.1 Å². The van der Waals surface area contributed by atoms with E-state index < -0.39 is 29.9 Å². The van der Waals surface area contributed by atoms with Crippen LogP contribution < -0.4 is 0 Å². The minimum Gasteiger partial charge on any atom is -0.466 e. The second-order valence-electron chi connectivity index (χ2n) is 7.04. The minimum absolute atomic E-state index is 0.0529. The third kappa shape index (κ3) is 5.04. The lowest BCUT2D eigenvalue weighted by molar-refractivity contribution is -0.196. The topological polar surface area (TPSA) is 38.7 Å². The van der Waals surface area contributed by atoms with Crippen molar-refractivity contribution in [2.45, 2.75) is 25.1 Å². The van der Waals surface area contributed by atoms with E-state index in [1.165, 1.54) is 6.92 Å².